The summed E-state index contributed by atoms with van der Waals surface area (Å²) in [7, 11) is 0. The first-order chi connectivity index (χ1) is 11.2. The highest BCUT2D eigenvalue weighted by Gasteiger charge is 2.24. The Morgan fingerprint density at radius 1 is 1.30 bits per heavy atom. The SMILES string of the molecule is O=c1cc(CO)oc(C(Nc2nccs2)c2ccccc2)c1O. The van der Waals surface area contributed by atoms with Crippen LogP contribution in [0.5, 0.6) is 5.75 Å². The summed E-state index contributed by atoms with van der Waals surface area (Å²) in [5.41, 5.74) is 0.188. The molecular weight excluding hydrogens is 316 g/mol. The third kappa shape index (κ3) is 3.25. The van der Waals surface area contributed by atoms with Gasteiger partial charge in [0, 0.05) is 17.6 Å². The second-order valence-corrected chi connectivity index (χ2v) is 5.67. The van der Waals surface area contributed by atoms with Crippen molar-refractivity contribution in [2.75, 3.05) is 5.32 Å². The maximum atomic E-state index is 11.9. The van der Waals surface area contributed by atoms with Gasteiger partial charge < -0.3 is 19.9 Å². The summed E-state index contributed by atoms with van der Waals surface area (Å²) in [6.07, 6.45) is 1.65. The van der Waals surface area contributed by atoms with Crippen LogP contribution in [0.3, 0.4) is 0 Å². The molecule has 0 saturated carbocycles. The van der Waals surface area contributed by atoms with E-state index in [4.69, 9.17) is 4.42 Å². The van der Waals surface area contributed by atoms with Crippen molar-refractivity contribution in [1.82, 2.24) is 4.98 Å². The lowest BCUT2D eigenvalue weighted by Gasteiger charge is -2.19. The Kier molecular flexibility index (Phi) is 4.40. The maximum absolute atomic E-state index is 11.9. The number of aliphatic hydroxyl groups is 1. The van der Waals surface area contributed by atoms with Gasteiger partial charge in [0.25, 0.3) is 0 Å². The van der Waals surface area contributed by atoms with Crippen LogP contribution in [0, 0.1) is 0 Å². The Hall–Kier alpha value is -2.64. The minimum Gasteiger partial charge on any atom is -0.502 e. The Labute approximate surface area is 135 Å². The van der Waals surface area contributed by atoms with Crippen LogP contribution in [0.1, 0.15) is 23.1 Å². The molecule has 2 aromatic heterocycles. The van der Waals surface area contributed by atoms with Gasteiger partial charge in [0.05, 0.1) is 0 Å². The third-order valence-electron chi connectivity index (χ3n) is 3.25. The molecule has 1 unspecified atom stereocenters. The minimum atomic E-state index is -0.610. The van der Waals surface area contributed by atoms with Crippen LogP contribution in [0.15, 0.2) is 57.2 Å². The van der Waals surface area contributed by atoms with E-state index in [2.05, 4.69) is 10.3 Å². The smallest absolute Gasteiger partial charge is 0.227 e. The molecule has 23 heavy (non-hydrogen) atoms. The number of thiazole rings is 1. The Morgan fingerprint density at radius 3 is 2.74 bits per heavy atom. The molecule has 0 amide bonds. The van der Waals surface area contributed by atoms with Gasteiger partial charge in [-0.15, -0.1) is 11.3 Å². The number of aromatic nitrogens is 1. The second-order valence-electron chi connectivity index (χ2n) is 4.77. The normalized spacial score (nSPS) is 12.0. The molecule has 0 saturated heterocycles. The fourth-order valence-corrected chi connectivity index (χ4v) is 2.75. The molecule has 7 heteroatoms. The van der Waals surface area contributed by atoms with E-state index in [0.29, 0.717) is 5.13 Å². The van der Waals surface area contributed by atoms with Gasteiger partial charge in [0.15, 0.2) is 10.9 Å². The van der Waals surface area contributed by atoms with Crippen LogP contribution < -0.4 is 10.7 Å². The second kappa shape index (κ2) is 6.64. The maximum Gasteiger partial charge on any atom is 0.227 e. The lowest BCUT2D eigenvalue weighted by atomic mass is 10.0. The van der Waals surface area contributed by atoms with Crippen molar-refractivity contribution in [3.63, 3.8) is 0 Å². The lowest BCUT2D eigenvalue weighted by Crippen LogP contribution is -2.16. The molecule has 0 aliphatic rings. The summed E-state index contributed by atoms with van der Waals surface area (Å²) in [5, 5.41) is 24.9. The number of aromatic hydroxyl groups is 1. The number of benzene rings is 1. The Morgan fingerprint density at radius 2 is 2.09 bits per heavy atom. The van der Waals surface area contributed by atoms with Crippen LogP contribution in [0.4, 0.5) is 5.13 Å². The number of anilines is 1. The van der Waals surface area contributed by atoms with Gasteiger partial charge in [-0.05, 0) is 5.56 Å². The van der Waals surface area contributed by atoms with Crippen molar-refractivity contribution in [1.29, 1.82) is 0 Å². The fourth-order valence-electron chi connectivity index (χ4n) is 2.19. The molecule has 1 atom stereocenters. The summed E-state index contributed by atoms with van der Waals surface area (Å²) in [6, 6.07) is 9.70. The number of nitrogens with zero attached hydrogens (tertiary/aromatic N) is 1. The van der Waals surface area contributed by atoms with Crippen molar-refractivity contribution in [2.45, 2.75) is 12.6 Å². The van der Waals surface area contributed by atoms with Crippen molar-refractivity contribution in [3.05, 3.63) is 75.3 Å². The van der Waals surface area contributed by atoms with E-state index < -0.39 is 23.8 Å². The molecule has 3 rings (SSSR count). The first-order valence-corrected chi connectivity index (χ1v) is 7.74. The summed E-state index contributed by atoms with van der Waals surface area (Å²) in [5.74, 6) is -0.354. The van der Waals surface area contributed by atoms with Crippen LogP contribution in [-0.4, -0.2) is 15.2 Å². The number of nitrogens with one attached hydrogen (secondary N) is 1. The van der Waals surface area contributed by atoms with Crippen LogP contribution in [0.2, 0.25) is 0 Å². The van der Waals surface area contributed by atoms with Gasteiger partial charge in [0.2, 0.25) is 11.2 Å². The van der Waals surface area contributed by atoms with Crippen LogP contribution >= 0.6 is 11.3 Å². The molecule has 0 aliphatic carbocycles. The average molecular weight is 330 g/mol. The summed E-state index contributed by atoms with van der Waals surface area (Å²) in [4.78, 5) is 16.1. The van der Waals surface area contributed by atoms with E-state index in [9.17, 15) is 15.0 Å². The third-order valence-corrected chi connectivity index (χ3v) is 3.96. The predicted octanol–water partition coefficient (Wildman–Crippen LogP) is 2.50. The number of rotatable bonds is 5. The predicted molar refractivity (Wildman–Crippen MR) is 86.6 cm³/mol. The monoisotopic (exact) mass is 330 g/mol. The van der Waals surface area contributed by atoms with Gasteiger partial charge in [-0.25, -0.2) is 4.98 Å². The van der Waals surface area contributed by atoms with Crippen LogP contribution in [0.25, 0.3) is 0 Å². The zero-order valence-electron chi connectivity index (χ0n) is 12.0. The van der Waals surface area contributed by atoms with E-state index in [1.807, 2.05) is 35.7 Å². The average Bonchev–Trinajstić information content (AvgIpc) is 3.09. The largest absolute Gasteiger partial charge is 0.502 e. The van der Waals surface area contributed by atoms with E-state index >= 15 is 0 Å². The number of aliphatic hydroxyl groups excluding tert-OH is 1. The van der Waals surface area contributed by atoms with Crippen molar-refractivity contribution in [2.24, 2.45) is 0 Å². The summed E-state index contributed by atoms with van der Waals surface area (Å²) in [6.45, 7) is -0.429. The topological polar surface area (TPSA) is 95.6 Å². The van der Waals surface area contributed by atoms with E-state index in [0.717, 1.165) is 11.6 Å². The minimum absolute atomic E-state index is 0.0444. The molecule has 0 spiro atoms. The standard InChI is InChI=1S/C16H14N2O4S/c19-9-11-8-12(20)14(21)15(22-11)13(10-4-2-1-3-5-10)18-16-17-6-7-23-16/h1-8,13,19,21H,9H2,(H,17,18). The molecule has 2 heterocycles. The molecule has 118 valence electrons. The fraction of sp³-hybridized carbons (Fsp3) is 0.125. The van der Waals surface area contributed by atoms with E-state index in [-0.39, 0.29) is 11.5 Å². The van der Waals surface area contributed by atoms with Crippen molar-refractivity contribution in [3.8, 4) is 5.75 Å². The zero-order valence-corrected chi connectivity index (χ0v) is 12.8. The molecule has 3 aromatic rings. The molecule has 3 N–H and O–H groups in total. The number of hydrogen-bond acceptors (Lipinski definition) is 7. The summed E-state index contributed by atoms with van der Waals surface area (Å²) >= 11 is 1.39. The zero-order chi connectivity index (χ0) is 16.2. The molecule has 0 aliphatic heterocycles. The molecule has 0 bridgehead atoms. The van der Waals surface area contributed by atoms with E-state index in [1.165, 1.54) is 11.3 Å². The van der Waals surface area contributed by atoms with Crippen molar-refractivity contribution < 1.29 is 14.6 Å². The molecule has 6 nitrogen and oxygen atoms in total. The highest BCUT2D eigenvalue weighted by molar-refractivity contribution is 7.13. The van der Waals surface area contributed by atoms with Gasteiger partial charge in [-0.3, -0.25) is 4.79 Å². The first kappa shape index (κ1) is 15.3. The Bertz CT molecular complexity index is 831. The molecule has 1 aromatic carbocycles. The highest BCUT2D eigenvalue weighted by atomic mass is 32.1. The van der Waals surface area contributed by atoms with Crippen molar-refractivity contribution >= 4 is 16.5 Å². The van der Waals surface area contributed by atoms with Gasteiger partial charge in [-0.2, -0.15) is 0 Å². The van der Waals surface area contributed by atoms with E-state index in [1.54, 1.807) is 6.20 Å². The van der Waals surface area contributed by atoms with Gasteiger partial charge >= 0.3 is 0 Å². The van der Waals surface area contributed by atoms with Gasteiger partial charge in [0.1, 0.15) is 18.4 Å². The quantitative estimate of drug-likeness (QED) is 0.665. The molecule has 0 fully saturated rings. The highest BCUT2D eigenvalue weighted by Crippen LogP contribution is 2.31. The lowest BCUT2D eigenvalue weighted by molar-refractivity contribution is 0.234. The van der Waals surface area contributed by atoms with Gasteiger partial charge in [-0.1, -0.05) is 30.3 Å². The first-order valence-electron chi connectivity index (χ1n) is 6.86. The Balaban J connectivity index is 2.12. The number of hydrogen-bond donors (Lipinski definition) is 3. The molecular formula is C16H14N2O4S. The molecule has 0 radical (unpaired) electrons. The summed E-state index contributed by atoms with van der Waals surface area (Å²) < 4.78 is 5.52. The van der Waals surface area contributed by atoms with Crippen LogP contribution in [-0.2, 0) is 6.61 Å².